The summed E-state index contributed by atoms with van der Waals surface area (Å²) in [6, 6.07) is 0.574. The molecule has 4 aliphatic heterocycles. The molecule has 216 valence electrons. The Morgan fingerprint density at radius 1 is 1.02 bits per heavy atom. The minimum Gasteiger partial charge on any atom is -0.394 e. The number of hydrogen-bond donors (Lipinski definition) is 3. The zero-order valence-electron chi connectivity index (χ0n) is 21.8. The molecule has 0 aromatic carbocycles. The third kappa shape index (κ3) is 4.48. The Morgan fingerprint density at radius 3 is 2.48 bits per heavy atom. The fourth-order valence-corrected chi connectivity index (χ4v) is 7.22. The fraction of sp³-hybridized carbons (Fsp3) is 0.625. The topological polar surface area (TPSA) is 187 Å². The van der Waals surface area contributed by atoms with Crippen molar-refractivity contribution < 1.29 is 28.8 Å². The first-order valence-electron chi connectivity index (χ1n) is 12.8. The van der Waals surface area contributed by atoms with Crippen molar-refractivity contribution in [2.24, 2.45) is 0 Å². The zero-order chi connectivity index (χ0) is 28.5. The Morgan fingerprint density at radius 2 is 1.75 bits per heavy atom. The number of aromatic amines is 2. The van der Waals surface area contributed by atoms with Crippen LogP contribution in [0.4, 0.5) is 0 Å². The zero-order valence-corrected chi connectivity index (χ0v) is 22.7. The van der Waals surface area contributed by atoms with Gasteiger partial charge in [-0.3, -0.25) is 33.5 Å². The molecule has 0 radical (unpaired) electrons. The number of nitrogens with one attached hydrogen (secondary N) is 2. The van der Waals surface area contributed by atoms with Crippen LogP contribution in [-0.2, 0) is 23.7 Å². The Balaban J connectivity index is 1.32. The lowest BCUT2D eigenvalue weighted by Crippen LogP contribution is -2.53. The van der Waals surface area contributed by atoms with Gasteiger partial charge in [-0.05, 0) is 20.8 Å². The first-order valence-corrected chi connectivity index (χ1v) is 13.9. The molecule has 0 aliphatic carbocycles. The van der Waals surface area contributed by atoms with E-state index >= 15 is 0 Å². The van der Waals surface area contributed by atoms with E-state index in [1.165, 1.54) is 39.4 Å². The van der Waals surface area contributed by atoms with Crippen LogP contribution in [0, 0.1) is 6.92 Å². The van der Waals surface area contributed by atoms with Crippen LogP contribution in [0.1, 0.15) is 38.3 Å². The van der Waals surface area contributed by atoms with Gasteiger partial charge in [0.05, 0.1) is 18.4 Å². The summed E-state index contributed by atoms with van der Waals surface area (Å²) in [5.74, 6) is -1.08. The van der Waals surface area contributed by atoms with Gasteiger partial charge < -0.3 is 29.0 Å². The van der Waals surface area contributed by atoms with Crippen molar-refractivity contribution in [1.29, 1.82) is 0 Å². The average molecular weight is 580 g/mol. The van der Waals surface area contributed by atoms with E-state index in [9.17, 15) is 29.1 Å². The molecule has 6 heterocycles. The minimum absolute atomic E-state index is 0.131. The van der Waals surface area contributed by atoms with E-state index in [0.29, 0.717) is 5.56 Å². The van der Waals surface area contributed by atoms with Gasteiger partial charge in [0.15, 0.2) is 12.0 Å². The number of H-pyrrole nitrogens is 2. The number of hydrogen-bond acceptors (Lipinski definition) is 11. The quantitative estimate of drug-likeness (QED) is 0.369. The molecule has 0 spiro atoms. The van der Waals surface area contributed by atoms with Gasteiger partial charge in [0.25, 0.3) is 11.1 Å². The summed E-state index contributed by atoms with van der Waals surface area (Å²) in [6.07, 6.45) is -1.83. The van der Waals surface area contributed by atoms with Crippen molar-refractivity contribution in [3.63, 3.8) is 0 Å². The molecule has 40 heavy (non-hydrogen) atoms. The molecule has 15 nitrogen and oxygen atoms in total. The van der Waals surface area contributed by atoms with E-state index in [1.807, 2.05) is 0 Å². The predicted octanol–water partition coefficient (Wildman–Crippen LogP) is -1.64. The molecule has 8 atom stereocenters. The predicted molar refractivity (Wildman–Crippen MR) is 138 cm³/mol. The highest BCUT2D eigenvalue weighted by atomic mass is 32.2. The Bertz CT molecular complexity index is 1560. The van der Waals surface area contributed by atoms with Gasteiger partial charge in [0.2, 0.25) is 5.91 Å². The molecular formula is C24H29N5O10S. The molecule has 0 saturated carbocycles. The molecule has 3 N–H and O–H groups in total. The first kappa shape index (κ1) is 27.2. The van der Waals surface area contributed by atoms with E-state index in [-0.39, 0.29) is 18.1 Å². The Labute approximate surface area is 230 Å². The van der Waals surface area contributed by atoms with Crippen LogP contribution in [0.2, 0.25) is 0 Å². The highest BCUT2D eigenvalue weighted by Crippen LogP contribution is 2.48. The number of carbonyl (C=O) groups is 1. The number of aliphatic hydroxyl groups excluding tert-OH is 1. The largest absolute Gasteiger partial charge is 0.394 e. The molecular weight excluding hydrogens is 550 g/mol. The third-order valence-corrected chi connectivity index (χ3v) is 8.86. The standard InChI is InChI=1S/C24H29N5O10S/c1-10-7-28(23(35)26-19(10)33)15-6-11(12(8-30)36-15)29-14(32)9-40-21(29)18-16-17(39-24(2,3)38-16)20(37-18)27-5-4-13(31)25-22(27)34/h4-5,7,11-12,15-18,20-21,30H,6,8-9H2,1-3H3,(H,25,31,34)(H,26,33,35)/t11-,12+,15+,16-,17+,18-,20+,21+/m0/s1. The lowest BCUT2D eigenvalue weighted by Gasteiger charge is -2.36. The van der Waals surface area contributed by atoms with Crippen LogP contribution in [-0.4, -0.2) is 89.0 Å². The van der Waals surface area contributed by atoms with Crippen molar-refractivity contribution in [2.45, 2.75) is 81.3 Å². The number of fused-ring (bicyclic) bond motifs is 1. The second-order valence-electron chi connectivity index (χ2n) is 10.7. The van der Waals surface area contributed by atoms with Gasteiger partial charge in [-0.15, -0.1) is 11.8 Å². The molecule has 2 aromatic heterocycles. The van der Waals surface area contributed by atoms with Crippen LogP contribution >= 0.6 is 11.8 Å². The molecule has 6 rings (SSSR count). The SMILES string of the molecule is Cc1cn([C@H]2C[C@H](N3C(=O)CS[C@@H]3[C@H]3O[C@@H](n4ccc(=O)[nH]c4=O)[C@@H]4OC(C)(C)O[C@@H]43)[C@@H](CO)O2)c(=O)[nH]c1=O. The van der Waals surface area contributed by atoms with E-state index in [1.54, 1.807) is 25.7 Å². The number of amides is 1. The summed E-state index contributed by atoms with van der Waals surface area (Å²) in [6.45, 7) is 4.62. The number of ether oxygens (including phenoxy) is 4. The Kier molecular flexibility index (Phi) is 6.66. The highest BCUT2D eigenvalue weighted by Gasteiger charge is 2.61. The number of aromatic nitrogens is 4. The van der Waals surface area contributed by atoms with E-state index in [0.717, 1.165) is 0 Å². The highest BCUT2D eigenvalue weighted by molar-refractivity contribution is 8.01. The second kappa shape index (κ2) is 9.81. The van der Waals surface area contributed by atoms with Crippen molar-refractivity contribution >= 4 is 17.7 Å². The number of aryl methyl sites for hydroxylation is 1. The molecule has 0 unspecified atom stereocenters. The van der Waals surface area contributed by atoms with Crippen molar-refractivity contribution in [3.8, 4) is 0 Å². The van der Waals surface area contributed by atoms with E-state index in [4.69, 9.17) is 18.9 Å². The second-order valence-corrected chi connectivity index (χ2v) is 11.8. The summed E-state index contributed by atoms with van der Waals surface area (Å²) < 4.78 is 27.1. The number of nitrogens with zero attached hydrogens (tertiary/aromatic N) is 3. The lowest BCUT2D eigenvalue weighted by molar-refractivity contribution is -0.201. The van der Waals surface area contributed by atoms with Gasteiger partial charge in [0.1, 0.15) is 36.0 Å². The first-order chi connectivity index (χ1) is 19.0. The van der Waals surface area contributed by atoms with Gasteiger partial charge in [0, 0.05) is 30.4 Å². The fourth-order valence-electron chi connectivity index (χ4n) is 5.91. The summed E-state index contributed by atoms with van der Waals surface area (Å²) in [5.41, 5.74) is -2.08. The van der Waals surface area contributed by atoms with Crippen molar-refractivity contribution in [1.82, 2.24) is 24.0 Å². The van der Waals surface area contributed by atoms with E-state index < -0.39 is 83.2 Å². The maximum atomic E-state index is 13.3. The summed E-state index contributed by atoms with van der Waals surface area (Å²) in [5, 5.41) is 9.57. The lowest BCUT2D eigenvalue weighted by atomic mass is 10.0. The molecule has 16 heteroatoms. The number of aliphatic hydroxyl groups is 1. The van der Waals surface area contributed by atoms with Crippen LogP contribution in [0.25, 0.3) is 0 Å². The number of carbonyl (C=O) groups excluding carboxylic acids is 1. The molecule has 0 bridgehead atoms. The minimum atomic E-state index is -1.00. The van der Waals surface area contributed by atoms with Crippen LogP contribution < -0.4 is 22.5 Å². The summed E-state index contributed by atoms with van der Waals surface area (Å²) >= 11 is 1.33. The van der Waals surface area contributed by atoms with Crippen LogP contribution in [0.15, 0.2) is 37.6 Å². The van der Waals surface area contributed by atoms with Crippen molar-refractivity contribution in [2.75, 3.05) is 12.4 Å². The molecule has 2 aromatic rings. The van der Waals surface area contributed by atoms with Crippen molar-refractivity contribution in [3.05, 3.63) is 65.7 Å². The van der Waals surface area contributed by atoms with Gasteiger partial charge in [-0.1, -0.05) is 0 Å². The normalized spacial score (nSPS) is 35.0. The van der Waals surface area contributed by atoms with E-state index in [2.05, 4.69) is 9.97 Å². The molecule has 4 aliphatic rings. The number of thioether (sulfide) groups is 1. The third-order valence-electron chi connectivity index (χ3n) is 7.61. The van der Waals surface area contributed by atoms with Gasteiger partial charge >= 0.3 is 11.4 Å². The molecule has 4 saturated heterocycles. The van der Waals surface area contributed by atoms with Crippen LogP contribution in [0.5, 0.6) is 0 Å². The Hall–Kier alpha value is -3.02. The smallest absolute Gasteiger partial charge is 0.330 e. The van der Waals surface area contributed by atoms with Gasteiger partial charge in [-0.2, -0.15) is 0 Å². The van der Waals surface area contributed by atoms with Gasteiger partial charge in [-0.25, -0.2) is 9.59 Å². The molecule has 1 amide bonds. The number of rotatable bonds is 5. The summed E-state index contributed by atoms with van der Waals surface area (Å²) in [4.78, 5) is 68.0. The summed E-state index contributed by atoms with van der Waals surface area (Å²) in [7, 11) is 0. The average Bonchev–Trinajstić information content (AvgIpc) is 3.62. The maximum Gasteiger partial charge on any atom is 0.330 e. The monoisotopic (exact) mass is 579 g/mol. The van der Waals surface area contributed by atoms with Crippen LogP contribution in [0.3, 0.4) is 0 Å². The maximum absolute atomic E-state index is 13.3. The molecule has 4 fully saturated rings.